The summed E-state index contributed by atoms with van der Waals surface area (Å²) in [6.07, 6.45) is 2.35. The summed E-state index contributed by atoms with van der Waals surface area (Å²) in [5.41, 5.74) is 1.95. The number of carbonyl (C=O) groups excluding carboxylic acids is 1. The molecule has 0 aliphatic heterocycles. The highest BCUT2D eigenvalue weighted by Crippen LogP contribution is 2.19. The molecule has 2 aromatic heterocycles. The van der Waals surface area contributed by atoms with E-state index >= 15 is 0 Å². The maximum Gasteiger partial charge on any atom is 0.221 e. The molecule has 0 spiro atoms. The van der Waals surface area contributed by atoms with Crippen molar-refractivity contribution in [2.75, 3.05) is 0 Å². The van der Waals surface area contributed by atoms with Crippen LogP contribution in [-0.2, 0) is 4.79 Å². The number of aromatic nitrogens is 3. The Morgan fingerprint density at radius 3 is 2.61 bits per heavy atom. The van der Waals surface area contributed by atoms with E-state index in [0.29, 0.717) is 6.42 Å². The molecule has 0 bridgehead atoms. The number of nitrogens with zero attached hydrogens (tertiary/aromatic N) is 3. The summed E-state index contributed by atoms with van der Waals surface area (Å²) in [6.45, 7) is 3.99. The highest BCUT2D eigenvalue weighted by Gasteiger charge is 2.17. The average Bonchev–Trinajstić information content (AvgIpc) is 2.99. The Morgan fingerprint density at radius 1 is 1.09 bits per heavy atom. The normalized spacial score (nSPS) is 13.7. The number of pyridine rings is 1. The van der Waals surface area contributed by atoms with Crippen molar-refractivity contribution in [2.24, 2.45) is 0 Å². The van der Waals surface area contributed by atoms with Gasteiger partial charge in [-0.05, 0) is 30.5 Å². The Bertz CT molecular complexity index is 797. The van der Waals surface area contributed by atoms with Crippen LogP contribution in [0.5, 0.6) is 0 Å². The number of benzene rings is 1. The highest BCUT2D eigenvalue weighted by atomic mass is 16.1. The summed E-state index contributed by atoms with van der Waals surface area (Å²) in [7, 11) is 0. The molecule has 5 heteroatoms. The van der Waals surface area contributed by atoms with Gasteiger partial charge < -0.3 is 5.32 Å². The Labute approximate surface area is 135 Å². The molecule has 3 rings (SSSR count). The van der Waals surface area contributed by atoms with Gasteiger partial charge in [0.25, 0.3) is 0 Å². The molecule has 118 valence electrons. The van der Waals surface area contributed by atoms with Crippen LogP contribution in [0.25, 0.3) is 5.65 Å². The Hall–Kier alpha value is -2.69. The second-order valence-corrected chi connectivity index (χ2v) is 5.79. The molecule has 5 nitrogen and oxygen atoms in total. The molecule has 0 aliphatic carbocycles. The third-order valence-electron chi connectivity index (χ3n) is 3.97. The van der Waals surface area contributed by atoms with E-state index < -0.39 is 0 Å². The molecule has 0 radical (unpaired) electrons. The molecule has 0 saturated carbocycles. The van der Waals surface area contributed by atoms with Gasteiger partial charge in [0.1, 0.15) is 0 Å². The predicted molar refractivity (Wildman–Crippen MR) is 89.0 cm³/mol. The fourth-order valence-corrected chi connectivity index (χ4v) is 2.70. The molecule has 23 heavy (non-hydrogen) atoms. The lowest BCUT2D eigenvalue weighted by Crippen LogP contribution is -2.28. The molecule has 0 fully saturated rings. The molecule has 1 aromatic carbocycles. The molecule has 1 N–H and O–H groups in total. The van der Waals surface area contributed by atoms with Crippen molar-refractivity contribution in [3.8, 4) is 0 Å². The Balaban J connectivity index is 1.65. The van der Waals surface area contributed by atoms with Crippen molar-refractivity contribution in [1.82, 2.24) is 19.9 Å². The summed E-state index contributed by atoms with van der Waals surface area (Å²) in [6, 6.07) is 15.6. The van der Waals surface area contributed by atoms with E-state index in [1.165, 1.54) is 5.56 Å². The zero-order valence-corrected chi connectivity index (χ0v) is 13.3. The van der Waals surface area contributed by atoms with Gasteiger partial charge >= 0.3 is 0 Å². The van der Waals surface area contributed by atoms with Gasteiger partial charge in [-0.1, -0.05) is 43.3 Å². The van der Waals surface area contributed by atoms with Crippen molar-refractivity contribution < 1.29 is 4.79 Å². The lowest BCUT2D eigenvalue weighted by molar-refractivity contribution is -0.122. The van der Waals surface area contributed by atoms with Gasteiger partial charge in [-0.2, -0.15) is 0 Å². The average molecular weight is 308 g/mol. The SMILES string of the molecule is CC(CC(=O)NC(C)c1nnc2ccccn12)c1ccccc1. The fraction of sp³-hybridized carbons (Fsp3) is 0.278. The van der Waals surface area contributed by atoms with Crippen LogP contribution in [0.3, 0.4) is 0 Å². The molecule has 2 atom stereocenters. The van der Waals surface area contributed by atoms with E-state index in [-0.39, 0.29) is 17.9 Å². The standard InChI is InChI=1S/C18H20N4O/c1-13(15-8-4-3-5-9-15)12-17(23)19-14(2)18-21-20-16-10-6-7-11-22(16)18/h3-11,13-14H,12H2,1-2H3,(H,19,23). The second kappa shape index (κ2) is 6.60. The minimum atomic E-state index is -0.192. The van der Waals surface area contributed by atoms with Crippen LogP contribution in [0, 0.1) is 0 Å². The first-order valence-corrected chi connectivity index (χ1v) is 7.79. The van der Waals surface area contributed by atoms with Crippen molar-refractivity contribution in [3.05, 3.63) is 66.1 Å². The number of hydrogen-bond acceptors (Lipinski definition) is 3. The van der Waals surface area contributed by atoms with Gasteiger partial charge in [-0.15, -0.1) is 10.2 Å². The van der Waals surface area contributed by atoms with E-state index in [1.807, 2.05) is 66.1 Å². The fourth-order valence-electron chi connectivity index (χ4n) is 2.70. The van der Waals surface area contributed by atoms with Gasteiger partial charge in [0.15, 0.2) is 11.5 Å². The van der Waals surface area contributed by atoms with Gasteiger partial charge in [-0.25, -0.2) is 0 Å². The van der Waals surface area contributed by atoms with Crippen LogP contribution < -0.4 is 5.32 Å². The van der Waals surface area contributed by atoms with Crippen LogP contribution >= 0.6 is 0 Å². The maximum atomic E-state index is 12.3. The Kier molecular flexibility index (Phi) is 4.37. The van der Waals surface area contributed by atoms with E-state index in [0.717, 1.165) is 11.5 Å². The van der Waals surface area contributed by atoms with Crippen molar-refractivity contribution in [2.45, 2.75) is 32.2 Å². The van der Waals surface area contributed by atoms with Gasteiger partial charge in [0.05, 0.1) is 6.04 Å². The smallest absolute Gasteiger partial charge is 0.221 e. The van der Waals surface area contributed by atoms with E-state index in [1.54, 1.807) is 0 Å². The number of fused-ring (bicyclic) bond motifs is 1. The lowest BCUT2D eigenvalue weighted by atomic mass is 9.97. The Morgan fingerprint density at radius 2 is 1.83 bits per heavy atom. The first-order valence-electron chi connectivity index (χ1n) is 7.79. The number of rotatable bonds is 5. The van der Waals surface area contributed by atoms with E-state index in [2.05, 4.69) is 22.4 Å². The molecule has 2 heterocycles. The van der Waals surface area contributed by atoms with Crippen LogP contribution in [0.15, 0.2) is 54.7 Å². The highest BCUT2D eigenvalue weighted by molar-refractivity contribution is 5.77. The first-order chi connectivity index (χ1) is 11.1. The third kappa shape index (κ3) is 3.39. The maximum absolute atomic E-state index is 12.3. The van der Waals surface area contributed by atoms with Crippen molar-refractivity contribution in [1.29, 1.82) is 0 Å². The largest absolute Gasteiger partial charge is 0.346 e. The van der Waals surface area contributed by atoms with Crippen LogP contribution in [0.2, 0.25) is 0 Å². The first kappa shape index (κ1) is 15.2. The quantitative estimate of drug-likeness (QED) is 0.788. The molecule has 0 saturated heterocycles. The van der Waals surface area contributed by atoms with E-state index in [9.17, 15) is 4.79 Å². The monoisotopic (exact) mass is 308 g/mol. The van der Waals surface area contributed by atoms with Crippen molar-refractivity contribution >= 4 is 11.6 Å². The van der Waals surface area contributed by atoms with Crippen LogP contribution in [-0.4, -0.2) is 20.5 Å². The molecule has 2 unspecified atom stereocenters. The van der Waals surface area contributed by atoms with Gasteiger partial charge in [-0.3, -0.25) is 9.20 Å². The predicted octanol–water partition coefficient (Wildman–Crippen LogP) is 3.10. The lowest BCUT2D eigenvalue weighted by Gasteiger charge is -2.15. The molecule has 0 aliphatic rings. The van der Waals surface area contributed by atoms with Gasteiger partial charge in [0, 0.05) is 12.6 Å². The molecule has 1 amide bonds. The zero-order valence-electron chi connectivity index (χ0n) is 13.3. The zero-order chi connectivity index (χ0) is 16.2. The van der Waals surface area contributed by atoms with E-state index in [4.69, 9.17) is 0 Å². The summed E-state index contributed by atoms with van der Waals surface area (Å²) >= 11 is 0. The molecular weight excluding hydrogens is 288 g/mol. The van der Waals surface area contributed by atoms with Crippen LogP contribution in [0.1, 0.15) is 43.6 Å². The van der Waals surface area contributed by atoms with Gasteiger partial charge in [0.2, 0.25) is 5.91 Å². The summed E-state index contributed by atoms with van der Waals surface area (Å²) in [5.74, 6) is 0.932. The summed E-state index contributed by atoms with van der Waals surface area (Å²) in [4.78, 5) is 12.3. The number of amides is 1. The molecule has 3 aromatic rings. The topological polar surface area (TPSA) is 59.3 Å². The summed E-state index contributed by atoms with van der Waals surface area (Å²) < 4.78 is 1.89. The second-order valence-electron chi connectivity index (χ2n) is 5.79. The minimum absolute atomic E-state index is 0.0153. The number of hydrogen-bond donors (Lipinski definition) is 1. The third-order valence-corrected chi connectivity index (χ3v) is 3.97. The number of carbonyl (C=O) groups is 1. The van der Waals surface area contributed by atoms with Crippen LogP contribution in [0.4, 0.5) is 0 Å². The molecular formula is C18H20N4O. The minimum Gasteiger partial charge on any atom is -0.346 e. The summed E-state index contributed by atoms with van der Waals surface area (Å²) in [5, 5.41) is 11.3. The number of nitrogens with one attached hydrogen (secondary N) is 1. The van der Waals surface area contributed by atoms with Crippen molar-refractivity contribution in [3.63, 3.8) is 0 Å².